The minimum Gasteiger partial charge on any atom is -0.493 e. The molecule has 0 fully saturated rings. The van der Waals surface area contributed by atoms with Crippen molar-refractivity contribution >= 4 is 11.4 Å². The summed E-state index contributed by atoms with van der Waals surface area (Å²) in [6.07, 6.45) is -4.50. The molecule has 0 saturated carbocycles. The van der Waals surface area contributed by atoms with E-state index in [0.29, 0.717) is 5.69 Å². The lowest BCUT2D eigenvalue weighted by Gasteiger charge is -2.13. The van der Waals surface area contributed by atoms with Crippen LogP contribution in [0.1, 0.15) is 12.5 Å². The number of ether oxygens (including phenoxy) is 1. The molecule has 0 aliphatic rings. The summed E-state index contributed by atoms with van der Waals surface area (Å²) in [6.45, 7) is 1.79. The average molecular weight is 294 g/mol. The molecule has 110 valence electrons. The Balaban J connectivity index is 2.31. The number of hydrogen-bond donors (Lipinski definition) is 0. The molecule has 21 heavy (non-hydrogen) atoms. The van der Waals surface area contributed by atoms with Crippen LogP contribution in [0.5, 0.6) is 5.75 Å². The number of alkyl halides is 3. The van der Waals surface area contributed by atoms with Crippen LogP contribution in [0.25, 0.3) is 0 Å². The molecular weight excluding hydrogens is 281 g/mol. The van der Waals surface area contributed by atoms with Gasteiger partial charge in [-0.15, -0.1) is 0 Å². The van der Waals surface area contributed by atoms with Gasteiger partial charge in [-0.1, -0.05) is 18.2 Å². The molecule has 6 heteroatoms. The minimum atomic E-state index is -4.50. The van der Waals surface area contributed by atoms with E-state index in [1.807, 2.05) is 6.07 Å². The van der Waals surface area contributed by atoms with Gasteiger partial charge in [0.05, 0.1) is 23.5 Å². The fraction of sp³-hybridized carbons (Fsp3) is 0.200. The molecule has 0 N–H and O–H groups in total. The van der Waals surface area contributed by atoms with E-state index < -0.39 is 11.7 Å². The topological polar surface area (TPSA) is 34.0 Å². The largest absolute Gasteiger partial charge is 0.493 e. The van der Waals surface area contributed by atoms with E-state index in [9.17, 15) is 13.2 Å². The van der Waals surface area contributed by atoms with Gasteiger partial charge in [-0.25, -0.2) is 0 Å². The summed E-state index contributed by atoms with van der Waals surface area (Å²) in [5, 5.41) is 7.71. The van der Waals surface area contributed by atoms with E-state index in [-0.39, 0.29) is 18.0 Å². The van der Waals surface area contributed by atoms with Crippen LogP contribution in [0.15, 0.2) is 58.8 Å². The summed E-state index contributed by atoms with van der Waals surface area (Å²) in [4.78, 5) is 0. The number of hydrogen-bond acceptors (Lipinski definition) is 3. The normalized spacial score (nSPS) is 11.8. The number of rotatable bonds is 4. The lowest BCUT2D eigenvalue weighted by molar-refractivity contribution is -0.138. The molecule has 2 aromatic carbocycles. The van der Waals surface area contributed by atoms with E-state index in [2.05, 4.69) is 10.2 Å². The highest BCUT2D eigenvalue weighted by Crippen LogP contribution is 2.38. The van der Waals surface area contributed by atoms with Crippen molar-refractivity contribution in [1.29, 1.82) is 0 Å². The highest BCUT2D eigenvalue weighted by molar-refractivity contribution is 5.49. The molecule has 0 amide bonds. The fourth-order valence-electron chi connectivity index (χ4n) is 1.69. The quantitative estimate of drug-likeness (QED) is 0.683. The van der Waals surface area contributed by atoms with Gasteiger partial charge in [0.25, 0.3) is 0 Å². The van der Waals surface area contributed by atoms with Gasteiger partial charge >= 0.3 is 6.18 Å². The highest BCUT2D eigenvalue weighted by Gasteiger charge is 2.34. The Morgan fingerprint density at radius 2 is 1.62 bits per heavy atom. The number of azo groups is 1. The maximum Gasteiger partial charge on any atom is 0.420 e. The second-order valence-electron chi connectivity index (χ2n) is 4.15. The maximum atomic E-state index is 13.0. The molecule has 0 aromatic heterocycles. The fourth-order valence-corrected chi connectivity index (χ4v) is 1.69. The predicted molar refractivity (Wildman–Crippen MR) is 73.2 cm³/mol. The van der Waals surface area contributed by atoms with Crippen molar-refractivity contribution in [1.82, 2.24) is 0 Å². The standard InChI is InChI=1S/C15H13F3N2O/c1-2-21-14-9-8-12(10-13(14)15(16,17)18)20-19-11-6-4-3-5-7-11/h3-10H,2H2,1H3. The average Bonchev–Trinajstić information content (AvgIpc) is 2.46. The summed E-state index contributed by atoms with van der Waals surface area (Å²) < 4.78 is 43.9. The summed E-state index contributed by atoms with van der Waals surface area (Å²) in [6, 6.07) is 12.4. The summed E-state index contributed by atoms with van der Waals surface area (Å²) in [5.41, 5.74) is -0.163. The second-order valence-corrected chi connectivity index (χ2v) is 4.15. The van der Waals surface area contributed by atoms with Crippen molar-refractivity contribution in [3.05, 3.63) is 54.1 Å². The van der Waals surface area contributed by atoms with Crippen molar-refractivity contribution in [2.45, 2.75) is 13.1 Å². The van der Waals surface area contributed by atoms with Crippen LogP contribution in [0.4, 0.5) is 24.5 Å². The Morgan fingerprint density at radius 3 is 2.24 bits per heavy atom. The van der Waals surface area contributed by atoms with E-state index in [1.54, 1.807) is 31.2 Å². The molecule has 0 bridgehead atoms. The Hall–Kier alpha value is -2.37. The van der Waals surface area contributed by atoms with Crippen molar-refractivity contribution in [2.24, 2.45) is 10.2 Å². The van der Waals surface area contributed by atoms with Crippen molar-refractivity contribution < 1.29 is 17.9 Å². The first kappa shape index (κ1) is 15.0. The SMILES string of the molecule is CCOc1ccc(N=Nc2ccccc2)cc1C(F)(F)F. The first-order valence-electron chi connectivity index (χ1n) is 6.31. The van der Waals surface area contributed by atoms with Crippen molar-refractivity contribution in [3.63, 3.8) is 0 Å². The van der Waals surface area contributed by atoms with Gasteiger partial charge in [0.2, 0.25) is 0 Å². The van der Waals surface area contributed by atoms with E-state index >= 15 is 0 Å². The zero-order chi connectivity index (χ0) is 15.3. The van der Waals surface area contributed by atoms with Gasteiger partial charge < -0.3 is 4.74 Å². The Morgan fingerprint density at radius 1 is 0.952 bits per heavy atom. The molecule has 0 heterocycles. The third kappa shape index (κ3) is 4.05. The van der Waals surface area contributed by atoms with Gasteiger partial charge in [0, 0.05) is 0 Å². The molecule has 2 rings (SSSR count). The highest BCUT2D eigenvalue weighted by atomic mass is 19.4. The van der Waals surface area contributed by atoms with Crippen LogP contribution < -0.4 is 4.74 Å². The summed E-state index contributed by atoms with van der Waals surface area (Å²) in [5.74, 6) is -0.205. The monoisotopic (exact) mass is 294 g/mol. The zero-order valence-corrected chi connectivity index (χ0v) is 11.3. The Bertz CT molecular complexity index is 625. The van der Waals surface area contributed by atoms with Crippen LogP contribution in [-0.4, -0.2) is 6.61 Å². The third-order valence-electron chi connectivity index (χ3n) is 2.61. The molecule has 0 atom stereocenters. The molecule has 0 spiro atoms. The molecule has 0 radical (unpaired) electrons. The van der Waals surface area contributed by atoms with Crippen LogP contribution in [0.3, 0.4) is 0 Å². The molecular formula is C15H13F3N2O. The number of benzene rings is 2. The molecule has 0 aliphatic carbocycles. The molecule has 0 aliphatic heterocycles. The number of nitrogens with zero attached hydrogens (tertiary/aromatic N) is 2. The lowest BCUT2D eigenvalue weighted by Crippen LogP contribution is -2.08. The predicted octanol–water partition coefficient (Wildman–Crippen LogP) is 5.52. The van der Waals surface area contributed by atoms with E-state index in [0.717, 1.165) is 6.07 Å². The second kappa shape index (κ2) is 6.39. The third-order valence-corrected chi connectivity index (χ3v) is 2.61. The van der Waals surface area contributed by atoms with E-state index in [1.165, 1.54) is 12.1 Å². The van der Waals surface area contributed by atoms with Crippen LogP contribution in [-0.2, 0) is 6.18 Å². The lowest BCUT2D eigenvalue weighted by atomic mass is 10.1. The van der Waals surface area contributed by atoms with Gasteiger partial charge in [-0.2, -0.15) is 23.4 Å². The molecule has 0 saturated heterocycles. The molecule has 3 nitrogen and oxygen atoms in total. The van der Waals surface area contributed by atoms with Crippen LogP contribution >= 0.6 is 0 Å². The van der Waals surface area contributed by atoms with Crippen LogP contribution in [0.2, 0.25) is 0 Å². The van der Waals surface area contributed by atoms with Gasteiger partial charge in [-0.05, 0) is 37.3 Å². The Kier molecular flexibility index (Phi) is 4.57. The van der Waals surface area contributed by atoms with Gasteiger partial charge in [0.1, 0.15) is 5.75 Å². The van der Waals surface area contributed by atoms with Crippen LogP contribution in [0, 0.1) is 0 Å². The zero-order valence-electron chi connectivity index (χ0n) is 11.3. The molecule has 2 aromatic rings. The number of halogens is 3. The van der Waals surface area contributed by atoms with Gasteiger partial charge in [-0.3, -0.25) is 0 Å². The summed E-state index contributed by atoms with van der Waals surface area (Å²) in [7, 11) is 0. The smallest absolute Gasteiger partial charge is 0.420 e. The van der Waals surface area contributed by atoms with Gasteiger partial charge in [0.15, 0.2) is 0 Å². The van der Waals surface area contributed by atoms with Crippen molar-refractivity contribution in [2.75, 3.05) is 6.61 Å². The molecule has 0 unspecified atom stereocenters. The maximum absolute atomic E-state index is 13.0. The Labute approximate surface area is 120 Å². The first-order valence-corrected chi connectivity index (χ1v) is 6.31. The minimum absolute atomic E-state index is 0.120. The first-order chi connectivity index (χ1) is 10.0. The van der Waals surface area contributed by atoms with E-state index in [4.69, 9.17) is 4.74 Å². The van der Waals surface area contributed by atoms with Crippen molar-refractivity contribution in [3.8, 4) is 5.75 Å². The summed E-state index contributed by atoms with van der Waals surface area (Å²) >= 11 is 0.